The zero-order valence-corrected chi connectivity index (χ0v) is 11.3. The highest BCUT2D eigenvalue weighted by molar-refractivity contribution is 5.99. The first-order chi connectivity index (χ1) is 9.02. The highest BCUT2D eigenvalue weighted by Crippen LogP contribution is 2.25. The summed E-state index contributed by atoms with van der Waals surface area (Å²) in [6.07, 6.45) is 0.438. The molecular formula is C14H20N2O3. The molecular weight excluding hydrogens is 244 g/mol. The second-order valence-corrected chi connectivity index (χ2v) is 4.99. The number of hydrogen-bond acceptors (Lipinski definition) is 4. The van der Waals surface area contributed by atoms with Crippen LogP contribution >= 0.6 is 0 Å². The first-order valence-corrected chi connectivity index (χ1v) is 6.43. The van der Waals surface area contributed by atoms with Crippen LogP contribution in [0.4, 0.5) is 5.69 Å². The Morgan fingerprint density at radius 3 is 2.89 bits per heavy atom. The lowest BCUT2D eigenvalue weighted by Crippen LogP contribution is -2.30. The molecule has 0 saturated carbocycles. The third-order valence-corrected chi connectivity index (χ3v) is 3.69. The number of amides is 1. The second kappa shape index (κ2) is 5.48. The maximum atomic E-state index is 12.4. The van der Waals surface area contributed by atoms with Crippen LogP contribution in [0.1, 0.15) is 23.7 Å². The van der Waals surface area contributed by atoms with Crippen LogP contribution in [0.25, 0.3) is 0 Å². The Kier molecular flexibility index (Phi) is 3.95. The number of aliphatic hydroxyl groups is 1. The van der Waals surface area contributed by atoms with Crippen LogP contribution in [0, 0.1) is 5.92 Å². The van der Waals surface area contributed by atoms with E-state index in [1.165, 1.54) is 0 Å². The quantitative estimate of drug-likeness (QED) is 0.802. The maximum Gasteiger partial charge on any atom is 0.256 e. The van der Waals surface area contributed by atoms with Gasteiger partial charge >= 0.3 is 0 Å². The molecule has 1 saturated heterocycles. The van der Waals surface area contributed by atoms with E-state index in [1.54, 1.807) is 37.1 Å². The predicted octanol–water partition coefficient (Wildman–Crippen LogP) is 1.12. The summed E-state index contributed by atoms with van der Waals surface area (Å²) in [4.78, 5) is 14.2. The summed E-state index contributed by atoms with van der Waals surface area (Å²) in [6, 6.07) is 5.07. The number of nitrogens with zero attached hydrogens (tertiary/aromatic N) is 1. The lowest BCUT2D eigenvalue weighted by Gasteiger charge is -2.19. The number of aliphatic hydroxyl groups excluding tert-OH is 1. The second-order valence-electron chi connectivity index (χ2n) is 4.99. The minimum atomic E-state index is -0.388. The van der Waals surface area contributed by atoms with Gasteiger partial charge in [-0.25, -0.2) is 0 Å². The molecule has 1 aromatic carbocycles. The predicted molar refractivity (Wildman–Crippen MR) is 73.1 cm³/mol. The van der Waals surface area contributed by atoms with Gasteiger partial charge in [0.15, 0.2) is 0 Å². The van der Waals surface area contributed by atoms with Crippen LogP contribution in [-0.2, 0) is 0 Å². The van der Waals surface area contributed by atoms with E-state index in [0.717, 1.165) is 6.42 Å². The van der Waals surface area contributed by atoms with Crippen LogP contribution in [-0.4, -0.2) is 42.2 Å². The monoisotopic (exact) mass is 264 g/mol. The number of methoxy groups -OCH3 is 1. The molecule has 0 spiro atoms. The fourth-order valence-electron chi connectivity index (χ4n) is 2.38. The normalized spacial score (nSPS) is 20.4. The molecule has 1 aliphatic heterocycles. The van der Waals surface area contributed by atoms with E-state index in [9.17, 15) is 9.90 Å². The van der Waals surface area contributed by atoms with Crippen molar-refractivity contribution in [1.29, 1.82) is 0 Å². The molecule has 5 nitrogen and oxygen atoms in total. The summed E-state index contributed by atoms with van der Waals surface area (Å²) >= 11 is 0. The molecule has 0 aliphatic carbocycles. The van der Waals surface area contributed by atoms with Crippen molar-refractivity contribution in [3.05, 3.63) is 23.8 Å². The van der Waals surface area contributed by atoms with Gasteiger partial charge in [0.1, 0.15) is 5.75 Å². The third-order valence-electron chi connectivity index (χ3n) is 3.69. The van der Waals surface area contributed by atoms with Gasteiger partial charge in [0.05, 0.1) is 18.8 Å². The van der Waals surface area contributed by atoms with E-state index < -0.39 is 0 Å². The molecule has 1 heterocycles. The minimum absolute atomic E-state index is 0.0976. The molecule has 104 valence electrons. The Hall–Kier alpha value is -1.75. The standard InChI is InChI=1S/C14H20N2O3/c1-9(17)10-5-6-16(8-10)14(18)12-7-11(19-2)3-4-13(12)15/h3-4,7,9-10,17H,5-6,8,15H2,1-2H3. The van der Waals surface area contributed by atoms with Crippen LogP contribution in [0.2, 0.25) is 0 Å². The molecule has 2 unspecified atom stereocenters. The number of nitrogen functional groups attached to an aromatic ring is 1. The number of carbonyl (C=O) groups excluding carboxylic acids is 1. The zero-order chi connectivity index (χ0) is 14.0. The summed E-state index contributed by atoms with van der Waals surface area (Å²) in [6.45, 7) is 3.00. The molecule has 2 rings (SSSR count). The molecule has 3 N–H and O–H groups in total. The van der Waals surface area contributed by atoms with Crippen molar-refractivity contribution in [2.24, 2.45) is 5.92 Å². The first kappa shape index (κ1) is 13.7. The van der Waals surface area contributed by atoms with Crippen LogP contribution in [0.15, 0.2) is 18.2 Å². The first-order valence-electron chi connectivity index (χ1n) is 6.43. The van der Waals surface area contributed by atoms with Crippen molar-refractivity contribution in [1.82, 2.24) is 4.90 Å². The van der Waals surface area contributed by atoms with Crippen LogP contribution in [0.5, 0.6) is 5.75 Å². The molecule has 1 fully saturated rings. The van der Waals surface area contributed by atoms with Crippen molar-refractivity contribution >= 4 is 11.6 Å². The number of anilines is 1. The number of likely N-dealkylation sites (tertiary alicyclic amines) is 1. The molecule has 0 aromatic heterocycles. The smallest absolute Gasteiger partial charge is 0.256 e. The highest BCUT2D eigenvalue weighted by atomic mass is 16.5. The van der Waals surface area contributed by atoms with E-state index in [-0.39, 0.29) is 17.9 Å². The Balaban J connectivity index is 2.16. The lowest BCUT2D eigenvalue weighted by molar-refractivity contribution is 0.0763. The Morgan fingerprint density at radius 2 is 2.32 bits per heavy atom. The number of carbonyl (C=O) groups is 1. The van der Waals surface area contributed by atoms with Gasteiger partial charge in [-0.1, -0.05) is 0 Å². The minimum Gasteiger partial charge on any atom is -0.497 e. The van der Waals surface area contributed by atoms with Crippen LogP contribution in [0.3, 0.4) is 0 Å². The van der Waals surface area contributed by atoms with E-state index >= 15 is 0 Å². The molecule has 1 aromatic rings. The maximum absolute atomic E-state index is 12.4. The van der Waals surface area contributed by atoms with Gasteiger partial charge in [-0.05, 0) is 31.5 Å². The Bertz CT molecular complexity index is 474. The summed E-state index contributed by atoms with van der Waals surface area (Å²) in [5, 5.41) is 9.58. The van der Waals surface area contributed by atoms with Crippen molar-refractivity contribution in [3.63, 3.8) is 0 Å². The summed E-state index contributed by atoms with van der Waals surface area (Å²) in [5.74, 6) is 0.666. The van der Waals surface area contributed by atoms with E-state index in [2.05, 4.69) is 0 Å². The van der Waals surface area contributed by atoms with Crippen molar-refractivity contribution in [3.8, 4) is 5.75 Å². The SMILES string of the molecule is COc1ccc(N)c(C(=O)N2CCC(C(C)O)C2)c1. The Labute approximate surface area is 113 Å². The number of hydrogen-bond donors (Lipinski definition) is 2. The van der Waals surface area contributed by atoms with Crippen LogP contribution < -0.4 is 10.5 Å². The molecule has 0 radical (unpaired) electrons. The molecule has 1 aliphatic rings. The third kappa shape index (κ3) is 2.81. The van der Waals surface area contributed by atoms with Gasteiger partial charge < -0.3 is 20.5 Å². The molecule has 19 heavy (non-hydrogen) atoms. The van der Waals surface area contributed by atoms with Gasteiger partial charge in [-0.3, -0.25) is 4.79 Å². The van der Waals surface area contributed by atoms with E-state index in [0.29, 0.717) is 30.1 Å². The molecule has 1 amide bonds. The van der Waals surface area contributed by atoms with E-state index in [1.807, 2.05) is 0 Å². The van der Waals surface area contributed by atoms with Crippen molar-refractivity contribution in [2.45, 2.75) is 19.4 Å². The molecule has 2 atom stereocenters. The summed E-state index contributed by atoms with van der Waals surface area (Å²) in [5.41, 5.74) is 6.77. The number of ether oxygens (including phenoxy) is 1. The van der Waals surface area contributed by atoms with Gasteiger partial charge in [-0.15, -0.1) is 0 Å². The van der Waals surface area contributed by atoms with Gasteiger partial charge in [0.25, 0.3) is 5.91 Å². The van der Waals surface area contributed by atoms with Gasteiger partial charge in [0, 0.05) is 24.7 Å². The zero-order valence-electron chi connectivity index (χ0n) is 11.3. The van der Waals surface area contributed by atoms with Crippen molar-refractivity contribution in [2.75, 3.05) is 25.9 Å². The largest absolute Gasteiger partial charge is 0.497 e. The summed E-state index contributed by atoms with van der Waals surface area (Å²) < 4.78 is 5.12. The van der Waals surface area contributed by atoms with Crippen molar-refractivity contribution < 1.29 is 14.6 Å². The Morgan fingerprint density at radius 1 is 1.58 bits per heavy atom. The lowest BCUT2D eigenvalue weighted by atomic mass is 10.0. The topological polar surface area (TPSA) is 75.8 Å². The summed E-state index contributed by atoms with van der Waals surface area (Å²) in [7, 11) is 1.55. The number of benzene rings is 1. The molecule has 5 heteroatoms. The highest BCUT2D eigenvalue weighted by Gasteiger charge is 2.30. The van der Waals surface area contributed by atoms with Gasteiger partial charge in [0.2, 0.25) is 0 Å². The average Bonchev–Trinajstić information content (AvgIpc) is 2.88. The van der Waals surface area contributed by atoms with Gasteiger partial charge in [-0.2, -0.15) is 0 Å². The number of nitrogens with two attached hydrogens (primary N) is 1. The fraction of sp³-hybridized carbons (Fsp3) is 0.500. The van der Waals surface area contributed by atoms with E-state index in [4.69, 9.17) is 10.5 Å². The average molecular weight is 264 g/mol. The molecule has 0 bridgehead atoms. The number of rotatable bonds is 3. The fourth-order valence-corrected chi connectivity index (χ4v) is 2.38.